The normalized spacial score (nSPS) is 21.3. The molecule has 5 heterocycles. The minimum atomic E-state index is -4.76. The van der Waals surface area contributed by atoms with E-state index < -0.39 is 29.0 Å². The van der Waals surface area contributed by atoms with Crippen molar-refractivity contribution in [1.29, 1.82) is 10.5 Å². The van der Waals surface area contributed by atoms with Gasteiger partial charge in [0.25, 0.3) is 5.91 Å². The predicted octanol–water partition coefficient (Wildman–Crippen LogP) is 3.34. The fourth-order valence-corrected chi connectivity index (χ4v) is 5.74. The van der Waals surface area contributed by atoms with Gasteiger partial charge in [-0.1, -0.05) is 0 Å². The molecule has 1 amide bonds. The van der Waals surface area contributed by atoms with Gasteiger partial charge in [-0.25, -0.2) is 15.0 Å². The molecule has 0 spiro atoms. The second-order valence-electron chi connectivity index (χ2n) is 10.3. The number of hydrogen-bond acceptors (Lipinski definition) is 8. The Morgan fingerprint density at radius 2 is 1.93 bits per heavy atom. The smallest absolute Gasteiger partial charge is 0.346 e. The highest BCUT2D eigenvalue weighted by Gasteiger charge is 2.49. The van der Waals surface area contributed by atoms with Gasteiger partial charge in [0.2, 0.25) is 0 Å². The lowest BCUT2D eigenvalue weighted by Gasteiger charge is -2.52. The van der Waals surface area contributed by atoms with Gasteiger partial charge in [0.05, 0.1) is 41.6 Å². The Bertz CT molecular complexity index is 1700. The van der Waals surface area contributed by atoms with E-state index >= 15 is 0 Å². The van der Waals surface area contributed by atoms with E-state index in [4.69, 9.17) is 5.26 Å². The number of piperazine rings is 1. The van der Waals surface area contributed by atoms with E-state index in [0.29, 0.717) is 45.1 Å². The van der Waals surface area contributed by atoms with Crippen molar-refractivity contribution in [2.45, 2.75) is 37.0 Å². The fourth-order valence-electron chi connectivity index (χ4n) is 5.74. The Kier molecular flexibility index (Phi) is 6.43. The van der Waals surface area contributed by atoms with Gasteiger partial charge in [-0.15, -0.1) is 0 Å². The van der Waals surface area contributed by atoms with Crippen molar-refractivity contribution < 1.29 is 18.0 Å². The van der Waals surface area contributed by atoms with Crippen molar-refractivity contribution in [3.05, 3.63) is 60.1 Å². The summed E-state index contributed by atoms with van der Waals surface area (Å²) in [4.78, 5) is 31.9. The molecular weight excluding hydrogens is 537 g/mol. The van der Waals surface area contributed by atoms with Crippen LogP contribution in [0.2, 0.25) is 0 Å². The summed E-state index contributed by atoms with van der Waals surface area (Å²) >= 11 is 0. The SMILES string of the molecule is N#CCC1(n2cc(-c3ncnc4[nH]ccc34)cn2)CC(N2CCN(C(=O)c3cc(C#N)cc(C(F)(F)F)n3)CC2)C1. The van der Waals surface area contributed by atoms with Crippen LogP contribution in [0.25, 0.3) is 22.3 Å². The van der Waals surface area contributed by atoms with E-state index in [1.165, 1.54) is 11.2 Å². The molecule has 4 aromatic rings. The lowest BCUT2D eigenvalue weighted by molar-refractivity contribution is -0.141. The topological polar surface area (TPSA) is 143 Å². The number of carbonyl (C=O) groups excluding carboxylic acids is 1. The highest BCUT2D eigenvalue weighted by atomic mass is 19.4. The number of nitrogens with one attached hydrogen (secondary N) is 1. The average molecular weight is 561 g/mol. The van der Waals surface area contributed by atoms with Crippen LogP contribution < -0.4 is 0 Å². The monoisotopic (exact) mass is 560 g/mol. The van der Waals surface area contributed by atoms with E-state index in [9.17, 15) is 23.2 Å². The first-order chi connectivity index (χ1) is 19.7. The number of amides is 1. The Balaban J connectivity index is 1.12. The van der Waals surface area contributed by atoms with Crippen molar-refractivity contribution >= 4 is 16.9 Å². The fraction of sp³-hybridized carbons (Fsp3) is 0.370. The standard InChI is InChI=1S/C27H23F3N10O/c28-27(29,30)22-10-17(13-32)9-21(37-22)25(41)39-7-5-38(6-8-39)19-11-26(12-19,2-3-31)40-15-18(14-36-40)23-20-1-4-33-24(20)35-16-34-23/h1,4,9-10,14-16,19H,2,5-8,11-12H2,(H,33,34,35). The number of fused-ring (bicyclic) bond motifs is 1. The van der Waals surface area contributed by atoms with Gasteiger partial charge < -0.3 is 9.88 Å². The van der Waals surface area contributed by atoms with Crippen LogP contribution in [0.4, 0.5) is 13.2 Å². The maximum atomic E-state index is 13.2. The maximum absolute atomic E-state index is 13.2. The molecule has 1 aliphatic heterocycles. The summed E-state index contributed by atoms with van der Waals surface area (Å²) in [5.74, 6) is -0.634. The van der Waals surface area contributed by atoms with Crippen LogP contribution in [-0.2, 0) is 11.7 Å². The maximum Gasteiger partial charge on any atom is 0.433 e. The molecule has 0 radical (unpaired) electrons. The molecule has 0 bridgehead atoms. The van der Waals surface area contributed by atoms with E-state index in [1.807, 2.05) is 16.9 Å². The van der Waals surface area contributed by atoms with Gasteiger partial charge in [0, 0.05) is 55.6 Å². The molecule has 0 unspecified atom stereocenters. The number of nitriles is 2. The average Bonchev–Trinajstić information content (AvgIpc) is 3.64. The number of pyridine rings is 1. The molecule has 4 aromatic heterocycles. The van der Waals surface area contributed by atoms with Gasteiger partial charge in [-0.05, 0) is 31.0 Å². The second kappa shape index (κ2) is 9.98. The Labute approximate surface area is 231 Å². The lowest BCUT2D eigenvalue weighted by Crippen LogP contribution is -2.60. The predicted molar refractivity (Wildman–Crippen MR) is 138 cm³/mol. The molecule has 6 rings (SSSR count). The third-order valence-corrected chi connectivity index (χ3v) is 7.92. The largest absolute Gasteiger partial charge is 0.433 e. The zero-order valence-electron chi connectivity index (χ0n) is 21.6. The quantitative estimate of drug-likeness (QED) is 0.392. The first kappa shape index (κ1) is 26.4. The highest BCUT2D eigenvalue weighted by molar-refractivity contribution is 5.93. The molecule has 2 fully saturated rings. The number of aromatic amines is 1. The summed E-state index contributed by atoms with van der Waals surface area (Å²) in [5.41, 5.74) is -0.0832. The molecule has 0 aromatic carbocycles. The lowest BCUT2D eigenvalue weighted by atomic mass is 9.70. The zero-order valence-corrected chi connectivity index (χ0v) is 21.6. The molecule has 0 atom stereocenters. The second-order valence-corrected chi connectivity index (χ2v) is 10.3. The number of halogens is 3. The summed E-state index contributed by atoms with van der Waals surface area (Å²) in [5, 5.41) is 24.2. The number of hydrogen-bond donors (Lipinski definition) is 1. The minimum absolute atomic E-state index is 0.167. The molecule has 1 saturated heterocycles. The van der Waals surface area contributed by atoms with Crippen LogP contribution in [0.5, 0.6) is 0 Å². The first-order valence-corrected chi connectivity index (χ1v) is 12.9. The van der Waals surface area contributed by atoms with Crippen LogP contribution in [0.3, 0.4) is 0 Å². The molecule has 208 valence electrons. The van der Waals surface area contributed by atoms with Crippen molar-refractivity contribution in [3.63, 3.8) is 0 Å². The number of aromatic nitrogens is 6. The molecular formula is C27H23F3N10O. The molecule has 11 nitrogen and oxygen atoms in total. The van der Waals surface area contributed by atoms with Crippen molar-refractivity contribution in [3.8, 4) is 23.4 Å². The number of nitrogens with zero attached hydrogens (tertiary/aromatic N) is 9. The summed E-state index contributed by atoms with van der Waals surface area (Å²) < 4.78 is 41.5. The van der Waals surface area contributed by atoms with Crippen LogP contribution in [0, 0.1) is 22.7 Å². The summed E-state index contributed by atoms with van der Waals surface area (Å²) in [6, 6.07) is 7.76. The molecule has 1 N–H and O–H groups in total. The van der Waals surface area contributed by atoms with Crippen LogP contribution in [0.15, 0.2) is 43.1 Å². The van der Waals surface area contributed by atoms with Crippen molar-refractivity contribution in [2.75, 3.05) is 26.2 Å². The Morgan fingerprint density at radius 1 is 1.15 bits per heavy atom. The Morgan fingerprint density at radius 3 is 2.63 bits per heavy atom. The van der Waals surface area contributed by atoms with Gasteiger partial charge >= 0.3 is 6.18 Å². The van der Waals surface area contributed by atoms with Crippen molar-refractivity contribution in [1.82, 2.24) is 39.5 Å². The van der Waals surface area contributed by atoms with Crippen molar-refractivity contribution in [2.24, 2.45) is 0 Å². The third kappa shape index (κ3) is 4.76. The molecule has 1 aliphatic carbocycles. The minimum Gasteiger partial charge on any atom is -0.346 e. The third-order valence-electron chi connectivity index (χ3n) is 7.92. The zero-order chi connectivity index (χ0) is 28.8. The van der Waals surface area contributed by atoms with E-state index in [2.05, 4.69) is 36.0 Å². The highest BCUT2D eigenvalue weighted by Crippen LogP contribution is 2.45. The number of rotatable bonds is 5. The Hall–Kier alpha value is -4.82. The number of H-pyrrole nitrogens is 1. The van der Waals surface area contributed by atoms with Gasteiger partial charge in [-0.2, -0.15) is 28.8 Å². The van der Waals surface area contributed by atoms with Gasteiger partial charge in [0.1, 0.15) is 23.4 Å². The van der Waals surface area contributed by atoms with E-state index in [1.54, 1.807) is 18.5 Å². The van der Waals surface area contributed by atoms with Gasteiger partial charge in [0.15, 0.2) is 0 Å². The number of alkyl halides is 3. The van der Waals surface area contributed by atoms with E-state index in [0.717, 1.165) is 28.4 Å². The summed E-state index contributed by atoms with van der Waals surface area (Å²) in [7, 11) is 0. The molecule has 2 aliphatic rings. The molecule has 1 saturated carbocycles. The first-order valence-electron chi connectivity index (χ1n) is 12.9. The van der Waals surface area contributed by atoms with Gasteiger partial charge in [-0.3, -0.25) is 14.4 Å². The molecule has 14 heteroatoms. The summed E-state index contributed by atoms with van der Waals surface area (Å²) in [6.07, 6.45) is 3.86. The molecule has 41 heavy (non-hydrogen) atoms. The summed E-state index contributed by atoms with van der Waals surface area (Å²) in [6.45, 7) is 1.68. The van der Waals surface area contributed by atoms with Crippen LogP contribution >= 0.6 is 0 Å². The number of carbonyl (C=O) groups is 1. The van der Waals surface area contributed by atoms with Crippen LogP contribution in [0.1, 0.15) is 41.0 Å². The van der Waals surface area contributed by atoms with Crippen LogP contribution in [-0.4, -0.2) is 77.6 Å². The van der Waals surface area contributed by atoms with E-state index in [-0.39, 0.29) is 18.0 Å².